The summed E-state index contributed by atoms with van der Waals surface area (Å²) in [6.07, 6.45) is 5.30. The van der Waals surface area contributed by atoms with Gasteiger partial charge in [-0.25, -0.2) is 9.78 Å². The monoisotopic (exact) mass is 338 g/mol. The van der Waals surface area contributed by atoms with Gasteiger partial charge in [0.05, 0.1) is 13.7 Å². The lowest BCUT2D eigenvalue weighted by Gasteiger charge is -2.12. The zero-order valence-corrected chi connectivity index (χ0v) is 14.1. The summed E-state index contributed by atoms with van der Waals surface area (Å²) in [7, 11) is 1.58. The van der Waals surface area contributed by atoms with Crippen LogP contribution in [-0.4, -0.2) is 29.1 Å². The van der Waals surface area contributed by atoms with Crippen LogP contribution in [0, 0.1) is 0 Å². The number of carbonyl (C=O) groups is 1. The standard InChI is InChI=1S/C19H18N2O4/c1-4-6-12-11-21-17(15-9-13(24-3)7-8-14(12)15)20-10-16(18(21)22)19(23)25-5-2/h4,7-11H,1,5-6H2,2-3H3. The van der Waals surface area contributed by atoms with E-state index in [9.17, 15) is 9.59 Å². The van der Waals surface area contributed by atoms with Crippen LogP contribution in [0.15, 0.2) is 48.0 Å². The quantitative estimate of drug-likeness (QED) is 0.406. The third kappa shape index (κ3) is 2.87. The Bertz CT molecular complexity index is 1040. The van der Waals surface area contributed by atoms with Gasteiger partial charge < -0.3 is 9.47 Å². The number of nitrogens with zero attached hydrogens (tertiary/aromatic N) is 2. The first kappa shape index (κ1) is 16.7. The van der Waals surface area contributed by atoms with E-state index in [1.807, 2.05) is 18.2 Å². The van der Waals surface area contributed by atoms with Crippen LogP contribution in [0.3, 0.4) is 0 Å². The lowest BCUT2D eigenvalue weighted by Crippen LogP contribution is -2.24. The van der Waals surface area contributed by atoms with E-state index >= 15 is 0 Å². The van der Waals surface area contributed by atoms with Crippen molar-refractivity contribution in [3.8, 4) is 5.75 Å². The molecule has 0 fully saturated rings. The van der Waals surface area contributed by atoms with E-state index in [0.29, 0.717) is 17.8 Å². The molecule has 0 atom stereocenters. The molecule has 2 heterocycles. The van der Waals surface area contributed by atoms with Gasteiger partial charge in [0, 0.05) is 17.8 Å². The Morgan fingerprint density at radius 1 is 1.36 bits per heavy atom. The molecule has 0 saturated heterocycles. The molecule has 2 aromatic heterocycles. The Morgan fingerprint density at radius 3 is 2.84 bits per heavy atom. The van der Waals surface area contributed by atoms with Gasteiger partial charge in [-0.05, 0) is 36.4 Å². The zero-order chi connectivity index (χ0) is 18.0. The predicted molar refractivity (Wildman–Crippen MR) is 95.4 cm³/mol. The SMILES string of the molecule is C=CCc1cn2c(=O)c(C(=O)OCC)cnc2c2cc(OC)ccc12. The fourth-order valence-electron chi connectivity index (χ4n) is 2.80. The van der Waals surface area contributed by atoms with Gasteiger partial charge in [-0.3, -0.25) is 9.20 Å². The molecule has 6 heteroatoms. The molecule has 0 saturated carbocycles. The Kier molecular flexibility index (Phi) is 4.52. The molecule has 128 valence electrons. The van der Waals surface area contributed by atoms with E-state index in [0.717, 1.165) is 16.3 Å². The molecule has 0 aliphatic rings. The number of fused-ring (bicyclic) bond motifs is 3. The number of allylic oxidation sites excluding steroid dienone is 1. The summed E-state index contributed by atoms with van der Waals surface area (Å²) in [4.78, 5) is 29.1. The largest absolute Gasteiger partial charge is 0.497 e. The Labute approximate surface area is 144 Å². The minimum atomic E-state index is -0.676. The molecule has 0 spiro atoms. The maximum Gasteiger partial charge on any atom is 0.345 e. The average Bonchev–Trinajstić information content (AvgIpc) is 2.62. The second-order valence-corrected chi connectivity index (χ2v) is 5.45. The zero-order valence-electron chi connectivity index (χ0n) is 14.1. The van der Waals surface area contributed by atoms with E-state index in [-0.39, 0.29) is 12.2 Å². The minimum Gasteiger partial charge on any atom is -0.497 e. The van der Waals surface area contributed by atoms with E-state index in [1.165, 1.54) is 10.6 Å². The first-order chi connectivity index (χ1) is 12.1. The fourth-order valence-corrected chi connectivity index (χ4v) is 2.80. The topological polar surface area (TPSA) is 69.9 Å². The van der Waals surface area contributed by atoms with Gasteiger partial charge in [-0.1, -0.05) is 12.1 Å². The van der Waals surface area contributed by atoms with Crippen LogP contribution in [-0.2, 0) is 11.2 Å². The van der Waals surface area contributed by atoms with Crippen molar-refractivity contribution in [3.63, 3.8) is 0 Å². The van der Waals surface area contributed by atoms with E-state index in [2.05, 4.69) is 11.6 Å². The third-order valence-corrected chi connectivity index (χ3v) is 3.95. The first-order valence-electron chi connectivity index (χ1n) is 7.89. The van der Waals surface area contributed by atoms with E-state index in [4.69, 9.17) is 9.47 Å². The van der Waals surface area contributed by atoms with Gasteiger partial charge in [0.15, 0.2) is 0 Å². The van der Waals surface area contributed by atoms with Crippen molar-refractivity contribution in [2.75, 3.05) is 13.7 Å². The van der Waals surface area contributed by atoms with Gasteiger partial charge in [0.25, 0.3) is 5.56 Å². The number of rotatable bonds is 5. The third-order valence-electron chi connectivity index (χ3n) is 3.95. The lowest BCUT2D eigenvalue weighted by atomic mass is 10.0. The summed E-state index contributed by atoms with van der Waals surface area (Å²) >= 11 is 0. The Hall–Kier alpha value is -3.15. The first-order valence-corrected chi connectivity index (χ1v) is 7.89. The van der Waals surface area contributed by atoms with E-state index < -0.39 is 11.5 Å². The van der Waals surface area contributed by atoms with Gasteiger partial charge in [-0.15, -0.1) is 6.58 Å². The predicted octanol–water partition coefficient (Wildman–Crippen LogP) is 2.76. The molecule has 0 radical (unpaired) electrons. The van der Waals surface area contributed by atoms with Crippen LogP contribution in [0.4, 0.5) is 0 Å². The summed E-state index contributed by atoms with van der Waals surface area (Å²) in [6.45, 7) is 5.65. The fraction of sp³-hybridized carbons (Fsp3) is 0.211. The van der Waals surface area contributed by atoms with Crippen LogP contribution in [0.1, 0.15) is 22.8 Å². The number of aromatic nitrogens is 2. The molecule has 0 bridgehead atoms. The highest BCUT2D eigenvalue weighted by Crippen LogP contribution is 2.27. The number of ether oxygens (including phenoxy) is 2. The van der Waals surface area contributed by atoms with Crippen molar-refractivity contribution >= 4 is 22.4 Å². The minimum absolute atomic E-state index is 0.0915. The molecule has 25 heavy (non-hydrogen) atoms. The molecule has 3 aromatic rings. The van der Waals surface area contributed by atoms with Gasteiger partial charge in [0.2, 0.25) is 0 Å². The van der Waals surface area contributed by atoms with Crippen molar-refractivity contribution in [2.24, 2.45) is 0 Å². The number of esters is 1. The highest BCUT2D eigenvalue weighted by atomic mass is 16.5. The number of hydrogen-bond acceptors (Lipinski definition) is 5. The molecule has 0 N–H and O–H groups in total. The van der Waals surface area contributed by atoms with Crippen molar-refractivity contribution in [1.82, 2.24) is 9.38 Å². The maximum atomic E-state index is 12.8. The summed E-state index contributed by atoms with van der Waals surface area (Å²) in [5, 5.41) is 1.72. The molecule has 6 nitrogen and oxygen atoms in total. The summed E-state index contributed by atoms with van der Waals surface area (Å²) in [6, 6.07) is 5.61. The van der Waals surface area contributed by atoms with Crippen LogP contribution in [0.2, 0.25) is 0 Å². The lowest BCUT2D eigenvalue weighted by molar-refractivity contribution is 0.0523. The van der Waals surface area contributed by atoms with E-state index in [1.54, 1.807) is 26.3 Å². The summed E-state index contributed by atoms with van der Waals surface area (Å²) < 4.78 is 11.6. The van der Waals surface area contributed by atoms with Crippen LogP contribution < -0.4 is 10.3 Å². The number of methoxy groups -OCH3 is 1. The summed E-state index contributed by atoms with van der Waals surface area (Å²) in [5.74, 6) is -0.0146. The molecule has 3 rings (SSSR count). The van der Waals surface area contributed by atoms with Gasteiger partial charge in [-0.2, -0.15) is 0 Å². The second kappa shape index (κ2) is 6.76. The highest BCUT2D eigenvalue weighted by Gasteiger charge is 2.17. The molecular weight excluding hydrogens is 320 g/mol. The highest BCUT2D eigenvalue weighted by molar-refractivity contribution is 5.97. The normalized spacial score (nSPS) is 10.8. The molecule has 0 unspecified atom stereocenters. The smallest absolute Gasteiger partial charge is 0.345 e. The number of carbonyl (C=O) groups excluding carboxylic acids is 1. The molecular formula is C19H18N2O4. The van der Waals surface area contributed by atoms with Crippen molar-refractivity contribution < 1.29 is 14.3 Å². The van der Waals surface area contributed by atoms with Crippen molar-refractivity contribution in [3.05, 3.63) is 64.7 Å². The van der Waals surface area contributed by atoms with Crippen LogP contribution in [0.25, 0.3) is 16.4 Å². The average molecular weight is 338 g/mol. The Balaban J connectivity index is 2.39. The van der Waals surface area contributed by atoms with Crippen LogP contribution >= 0.6 is 0 Å². The molecule has 0 aliphatic heterocycles. The van der Waals surface area contributed by atoms with Crippen LogP contribution in [0.5, 0.6) is 5.75 Å². The number of benzene rings is 1. The maximum absolute atomic E-state index is 12.8. The number of pyridine rings is 1. The molecule has 1 aromatic carbocycles. The van der Waals surface area contributed by atoms with Gasteiger partial charge >= 0.3 is 5.97 Å². The summed E-state index contributed by atoms with van der Waals surface area (Å²) in [5.41, 5.74) is 0.814. The molecule has 0 amide bonds. The van der Waals surface area contributed by atoms with Crippen molar-refractivity contribution in [2.45, 2.75) is 13.3 Å². The van der Waals surface area contributed by atoms with Gasteiger partial charge in [0.1, 0.15) is 17.0 Å². The molecule has 0 aliphatic carbocycles. The second-order valence-electron chi connectivity index (χ2n) is 5.45. The Morgan fingerprint density at radius 2 is 2.16 bits per heavy atom. The van der Waals surface area contributed by atoms with Crippen molar-refractivity contribution in [1.29, 1.82) is 0 Å². The number of hydrogen-bond donors (Lipinski definition) is 0.